The van der Waals surface area contributed by atoms with E-state index in [0.29, 0.717) is 0 Å². The van der Waals surface area contributed by atoms with E-state index in [1.165, 1.54) is 71.2 Å². The van der Waals surface area contributed by atoms with E-state index in [-0.39, 0.29) is 0 Å². The molecule has 1 saturated heterocycles. The number of piperazine rings is 1. The third kappa shape index (κ3) is 5.22. The molecule has 0 amide bonds. The zero-order chi connectivity index (χ0) is 15.1. The van der Waals surface area contributed by atoms with Gasteiger partial charge in [-0.05, 0) is 38.6 Å². The minimum absolute atomic E-state index is 0.763. The van der Waals surface area contributed by atoms with Gasteiger partial charge in [0.2, 0.25) is 0 Å². The second kappa shape index (κ2) is 9.12. The van der Waals surface area contributed by atoms with Crippen molar-refractivity contribution >= 4 is 0 Å². The minimum Gasteiger partial charge on any atom is -0.314 e. The maximum atomic E-state index is 3.76. The molecule has 3 unspecified atom stereocenters. The molecule has 1 heterocycles. The monoisotopic (exact) mass is 295 g/mol. The molecule has 0 radical (unpaired) electrons. The van der Waals surface area contributed by atoms with E-state index in [4.69, 9.17) is 0 Å². The Kier molecular flexibility index (Phi) is 7.48. The Bertz CT molecular complexity index is 274. The lowest BCUT2D eigenvalue weighted by atomic mass is 9.93. The Morgan fingerprint density at radius 2 is 1.71 bits per heavy atom. The first kappa shape index (κ1) is 17.2. The molecule has 2 fully saturated rings. The molecular formula is C18H37N3. The van der Waals surface area contributed by atoms with Crippen molar-refractivity contribution in [3.05, 3.63) is 0 Å². The van der Waals surface area contributed by atoms with Crippen LogP contribution in [0.25, 0.3) is 0 Å². The van der Waals surface area contributed by atoms with Gasteiger partial charge in [0.1, 0.15) is 0 Å². The highest BCUT2D eigenvalue weighted by Gasteiger charge is 2.27. The Hall–Kier alpha value is -0.120. The quantitative estimate of drug-likeness (QED) is 0.760. The standard InChI is InChI=1S/C18H37N3/c1-4-16(3)21-13-11-20(12-14-21)15-17-9-7-6-8-10-18(17)19-5-2/h16-19H,4-15H2,1-3H3. The predicted molar refractivity (Wildman–Crippen MR) is 91.8 cm³/mol. The van der Waals surface area contributed by atoms with Crippen LogP contribution in [0.4, 0.5) is 0 Å². The van der Waals surface area contributed by atoms with Crippen molar-refractivity contribution < 1.29 is 0 Å². The summed E-state index contributed by atoms with van der Waals surface area (Å²) >= 11 is 0. The normalized spacial score (nSPS) is 31.0. The SMILES string of the molecule is CCNC1CCCCCC1CN1CCN(C(C)CC)CC1. The van der Waals surface area contributed by atoms with Gasteiger partial charge in [0, 0.05) is 44.8 Å². The largest absolute Gasteiger partial charge is 0.314 e. The Balaban J connectivity index is 1.80. The van der Waals surface area contributed by atoms with Gasteiger partial charge < -0.3 is 10.2 Å². The molecule has 0 aromatic carbocycles. The molecule has 1 aliphatic heterocycles. The van der Waals surface area contributed by atoms with E-state index < -0.39 is 0 Å². The van der Waals surface area contributed by atoms with Crippen molar-refractivity contribution in [1.82, 2.24) is 15.1 Å². The van der Waals surface area contributed by atoms with Crippen molar-refractivity contribution in [3.63, 3.8) is 0 Å². The van der Waals surface area contributed by atoms with E-state index in [2.05, 4.69) is 35.9 Å². The van der Waals surface area contributed by atoms with Crippen molar-refractivity contribution in [2.24, 2.45) is 5.92 Å². The molecule has 2 rings (SSSR count). The van der Waals surface area contributed by atoms with Crippen molar-refractivity contribution in [2.75, 3.05) is 39.3 Å². The lowest BCUT2D eigenvalue weighted by Gasteiger charge is -2.40. The van der Waals surface area contributed by atoms with Crippen LogP contribution in [0.5, 0.6) is 0 Å². The second-order valence-electron chi connectivity index (χ2n) is 7.16. The van der Waals surface area contributed by atoms with Gasteiger partial charge in [-0.15, -0.1) is 0 Å². The van der Waals surface area contributed by atoms with Gasteiger partial charge in [0.25, 0.3) is 0 Å². The summed E-state index contributed by atoms with van der Waals surface area (Å²) in [6.45, 7) is 14.5. The maximum Gasteiger partial charge on any atom is 0.0113 e. The first-order valence-electron chi connectivity index (χ1n) is 9.44. The number of nitrogens with one attached hydrogen (secondary N) is 1. The van der Waals surface area contributed by atoms with Crippen LogP contribution in [0.2, 0.25) is 0 Å². The molecule has 0 aromatic rings. The summed E-state index contributed by atoms with van der Waals surface area (Å²) in [5.74, 6) is 0.877. The van der Waals surface area contributed by atoms with Crippen molar-refractivity contribution in [1.29, 1.82) is 0 Å². The highest BCUT2D eigenvalue weighted by atomic mass is 15.3. The summed E-state index contributed by atoms with van der Waals surface area (Å²) in [6, 6.07) is 1.53. The molecule has 0 bridgehead atoms. The summed E-state index contributed by atoms with van der Waals surface area (Å²) in [6.07, 6.45) is 8.43. The van der Waals surface area contributed by atoms with Gasteiger partial charge in [0.15, 0.2) is 0 Å². The van der Waals surface area contributed by atoms with Gasteiger partial charge in [-0.25, -0.2) is 0 Å². The van der Waals surface area contributed by atoms with E-state index in [9.17, 15) is 0 Å². The van der Waals surface area contributed by atoms with Crippen LogP contribution in [-0.4, -0.2) is 61.2 Å². The number of hydrogen-bond acceptors (Lipinski definition) is 3. The molecule has 0 aromatic heterocycles. The lowest BCUT2D eigenvalue weighted by Crippen LogP contribution is -2.52. The van der Waals surface area contributed by atoms with Gasteiger partial charge in [-0.3, -0.25) is 4.90 Å². The summed E-state index contributed by atoms with van der Waals surface area (Å²) in [5, 5.41) is 3.76. The summed E-state index contributed by atoms with van der Waals surface area (Å²) < 4.78 is 0. The Labute approximate surface area is 132 Å². The number of rotatable bonds is 6. The smallest absolute Gasteiger partial charge is 0.0113 e. The molecule has 0 spiro atoms. The molecule has 3 heteroatoms. The highest BCUT2D eigenvalue weighted by Crippen LogP contribution is 2.25. The maximum absolute atomic E-state index is 3.76. The van der Waals surface area contributed by atoms with Crippen LogP contribution in [0.15, 0.2) is 0 Å². The van der Waals surface area contributed by atoms with Crippen LogP contribution < -0.4 is 5.32 Å². The Morgan fingerprint density at radius 3 is 2.38 bits per heavy atom. The minimum atomic E-state index is 0.763. The molecule has 3 atom stereocenters. The highest BCUT2D eigenvalue weighted by molar-refractivity contribution is 4.84. The van der Waals surface area contributed by atoms with E-state index in [1.807, 2.05) is 0 Å². The molecule has 1 saturated carbocycles. The third-order valence-corrected chi connectivity index (χ3v) is 5.74. The van der Waals surface area contributed by atoms with Crippen molar-refractivity contribution in [2.45, 2.75) is 71.4 Å². The number of nitrogens with zero attached hydrogens (tertiary/aromatic N) is 2. The first-order chi connectivity index (χ1) is 10.2. The predicted octanol–water partition coefficient (Wildman–Crippen LogP) is 2.96. The van der Waals surface area contributed by atoms with Gasteiger partial charge >= 0.3 is 0 Å². The van der Waals surface area contributed by atoms with Crippen LogP contribution in [0.1, 0.15) is 59.3 Å². The molecule has 1 N–H and O–H groups in total. The lowest BCUT2D eigenvalue weighted by molar-refractivity contribution is 0.0833. The van der Waals surface area contributed by atoms with Crippen LogP contribution in [-0.2, 0) is 0 Å². The van der Waals surface area contributed by atoms with E-state index >= 15 is 0 Å². The fourth-order valence-corrected chi connectivity index (χ4v) is 4.11. The van der Waals surface area contributed by atoms with Gasteiger partial charge in [-0.2, -0.15) is 0 Å². The van der Waals surface area contributed by atoms with Crippen LogP contribution >= 0.6 is 0 Å². The van der Waals surface area contributed by atoms with Gasteiger partial charge in [-0.1, -0.05) is 33.1 Å². The second-order valence-corrected chi connectivity index (χ2v) is 7.16. The number of hydrogen-bond donors (Lipinski definition) is 1. The first-order valence-corrected chi connectivity index (χ1v) is 9.44. The van der Waals surface area contributed by atoms with Crippen molar-refractivity contribution in [3.8, 4) is 0 Å². The molecule has 3 nitrogen and oxygen atoms in total. The zero-order valence-electron chi connectivity index (χ0n) is 14.6. The van der Waals surface area contributed by atoms with E-state index in [0.717, 1.165) is 24.5 Å². The van der Waals surface area contributed by atoms with Crippen LogP contribution in [0, 0.1) is 5.92 Å². The topological polar surface area (TPSA) is 18.5 Å². The molecule has 1 aliphatic carbocycles. The zero-order valence-corrected chi connectivity index (χ0v) is 14.6. The average molecular weight is 296 g/mol. The summed E-state index contributed by atoms with van der Waals surface area (Å²) in [5.41, 5.74) is 0. The third-order valence-electron chi connectivity index (χ3n) is 5.74. The summed E-state index contributed by atoms with van der Waals surface area (Å²) in [4.78, 5) is 5.41. The summed E-state index contributed by atoms with van der Waals surface area (Å²) in [7, 11) is 0. The molecule has 21 heavy (non-hydrogen) atoms. The molecule has 124 valence electrons. The van der Waals surface area contributed by atoms with Crippen LogP contribution in [0.3, 0.4) is 0 Å². The molecule has 2 aliphatic rings. The molecular weight excluding hydrogens is 258 g/mol. The Morgan fingerprint density at radius 1 is 1.00 bits per heavy atom. The van der Waals surface area contributed by atoms with Gasteiger partial charge in [0.05, 0.1) is 0 Å². The fraction of sp³-hybridized carbons (Fsp3) is 1.00. The van der Waals surface area contributed by atoms with E-state index in [1.54, 1.807) is 0 Å². The fourth-order valence-electron chi connectivity index (χ4n) is 4.11. The average Bonchev–Trinajstić information content (AvgIpc) is 2.73.